The normalized spacial score (nSPS) is 26.6. The Bertz CT molecular complexity index is 307. The average molecular weight is 299 g/mol. The molecule has 2 rings (SSSR count). The molecule has 2 N–H and O–H groups in total. The van der Waals surface area contributed by atoms with E-state index < -0.39 is 0 Å². The summed E-state index contributed by atoms with van der Waals surface area (Å²) in [7, 11) is 0. The second-order valence-electron chi connectivity index (χ2n) is 6.07. The molecule has 2 aliphatic heterocycles. The van der Waals surface area contributed by atoms with Gasteiger partial charge >= 0.3 is 0 Å². The topological polar surface area (TPSA) is 44.4 Å². The van der Waals surface area contributed by atoms with E-state index in [0.717, 1.165) is 38.2 Å². The number of likely N-dealkylation sites (tertiary alicyclic amines) is 1. The van der Waals surface area contributed by atoms with Crippen molar-refractivity contribution in [3.63, 3.8) is 0 Å². The van der Waals surface area contributed by atoms with Gasteiger partial charge < -0.3 is 10.6 Å². The van der Waals surface area contributed by atoms with Gasteiger partial charge in [-0.1, -0.05) is 0 Å². The third-order valence-electron chi connectivity index (χ3n) is 4.52. The molecular formula is C15H29N3OS. The summed E-state index contributed by atoms with van der Waals surface area (Å²) >= 11 is 1.84. The monoisotopic (exact) mass is 299 g/mol. The number of hydrogen-bond donors (Lipinski definition) is 2. The maximum Gasteiger partial charge on any atom is 0.237 e. The molecule has 1 amide bonds. The molecule has 116 valence electrons. The van der Waals surface area contributed by atoms with E-state index in [2.05, 4.69) is 28.7 Å². The van der Waals surface area contributed by atoms with Gasteiger partial charge in [-0.05, 0) is 70.7 Å². The van der Waals surface area contributed by atoms with Crippen LogP contribution >= 0.6 is 11.8 Å². The molecule has 2 atom stereocenters. The molecule has 0 aromatic heterocycles. The molecule has 0 spiro atoms. The van der Waals surface area contributed by atoms with Crippen molar-refractivity contribution in [2.75, 3.05) is 31.6 Å². The van der Waals surface area contributed by atoms with Crippen LogP contribution in [-0.4, -0.2) is 60.6 Å². The molecule has 4 nitrogen and oxygen atoms in total. The van der Waals surface area contributed by atoms with Gasteiger partial charge in [0.1, 0.15) is 0 Å². The van der Waals surface area contributed by atoms with Crippen molar-refractivity contribution in [2.45, 2.75) is 57.2 Å². The molecular weight excluding hydrogens is 270 g/mol. The number of nitrogens with zero attached hydrogens (tertiary/aromatic N) is 1. The van der Waals surface area contributed by atoms with Crippen LogP contribution < -0.4 is 10.6 Å². The van der Waals surface area contributed by atoms with Gasteiger partial charge in [0.25, 0.3) is 0 Å². The zero-order chi connectivity index (χ0) is 14.4. The molecule has 2 aliphatic rings. The van der Waals surface area contributed by atoms with E-state index >= 15 is 0 Å². The third-order valence-corrected chi connectivity index (χ3v) is 5.16. The molecule has 20 heavy (non-hydrogen) atoms. The fourth-order valence-corrected chi connectivity index (χ4v) is 3.94. The Hall–Kier alpha value is -0.260. The lowest BCUT2D eigenvalue weighted by Crippen LogP contribution is -2.52. The minimum Gasteiger partial charge on any atom is -0.352 e. The maximum atomic E-state index is 12.5. The Balaban J connectivity index is 1.84. The van der Waals surface area contributed by atoms with Crippen LogP contribution in [-0.2, 0) is 4.79 Å². The van der Waals surface area contributed by atoms with Crippen LogP contribution in [0.1, 0.15) is 39.0 Å². The van der Waals surface area contributed by atoms with Crippen LogP contribution in [0, 0.1) is 0 Å². The van der Waals surface area contributed by atoms with Crippen molar-refractivity contribution in [2.24, 2.45) is 0 Å². The van der Waals surface area contributed by atoms with Crippen LogP contribution in [0.25, 0.3) is 0 Å². The number of carbonyl (C=O) groups is 1. The minimum atomic E-state index is 0.120. The largest absolute Gasteiger partial charge is 0.352 e. The summed E-state index contributed by atoms with van der Waals surface area (Å²) in [4.78, 5) is 15.0. The van der Waals surface area contributed by atoms with Crippen LogP contribution in [0.3, 0.4) is 0 Å². The van der Waals surface area contributed by atoms with Crippen molar-refractivity contribution in [1.29, 1.82) is 0 Å². The number of rotatable bonds is 6. The molecule has 0 saturated carbocycles. The number of thioether (sulfide) groups is 1. The van der Waals surface area contributed by atoms with E-state index in [9.17, 15) is 4.79 Å². The highest BCUT2D eigenvalue weighted by atomic mass is 32.2. The first kappa shape index (κ1) is 16.1. The van der Waals surface area contributed by atoms with E-state index in [4.69, 9.17) is 0 Å². The molecule has 0 aromatic carbocycles. The Morgan fingerprint density at radius 2 is 2.15 bits per heavy atom. The van der Waals surface area contributed by atoms with Gasteiger partial charge in [0.2, 0.25) is 5.91 Å². The van der Waals surface area contributed by atoms with E-state index in [0.29, 0.717) is 12.1 Å². The van der Waals surface area contributed by atoms with Gasteiger partial charge in [-0.3, -0.25) is 9.69 Å². The van der Waals surface area contributed by atoms with E-state index in [1.165, 1.54) is 19.3 Å². The lowest BCUT2D eigenvalue weighted by Gasteiger charge is -2.35. The average Bonchev–Trinajstić information content (AvgIpc) is 2.95. The van der Waals surface area contributed by atoms with Crippen molar-refractivity contribution >= 4 is 17.7 Å². The molecule has 2 saturated heterocycles. The van der Waals surface area contributed by atoms with Crippen molar-refractivity contribution in [3.05, 3.63) is 0 Å². The highest BCUT2D eigenvalue weighted by Gasteiger charge is 2.35. The predicted molar refractivity (Wildman–Crippen MR) is 86.2 cm³/mol. The van der Waals surface area contributed by atoms with Gasteiger partial charge in [0, 0.05) is 12.1 Å². The summed E-state index contributed by atoms with van der Waals surface area (Å²) in [6, 6.07) is 1.02. The SMILES string of the molecule is CSCCC(C)NC(=O)C1CCCN1C1CCNCC1. The number of nitrogens with one attached hydrogen (secondary N) is 2. The molecule has 0 radical (unpaired) electrons. The van der Waals surface area contributed by atoms with Crippen LogP contribution in [0.4, 0.5) is 0 Å². The molecule has 0 aromatic rings. The van der Waals surface area contributed by atoms with Crippen LogP contribution in [0.15, 0.2) is 0 Å². The number of amides is 1. The predicted octanol–water partition coefficient (Wildman–Crippen LogP) is 1.46. The molecule has 2 fully saturated rings. The fraction of sp³-hybridized carbons (Fsp3) is 0.933. The summed E-state index contributed by atoms with van der Waals surface area (Å²) in [5.41, 5.74) is 0. The number of carbonyl (C=O) groups excluding carboxylic acids is 1. The highest BCUT2D eigenvalue weighted by Crippen LogP contribution is 2.24. The third kappa shape index (κ3) is 4.37. The minimum absolute atomic E-state index is 0.120. The Labute approximate surface area is 127 Å². The first-order chi connectivity index (χ1) is 9.72. The first-order valence-corrected chi connectivity index (χ1v) is 9.37. The van der Waals surface area contributed by atoms with Gasteiger partial charge in [0.05, 0.1) is 6.04 Å². The lowest BCUT2D eigenvalue weighted by atomic mass is 10.0. The Morgan fingerprint density at radius 3 is 2.85 bits per heavy atom. The quantitative estimate of drug-likeness (QED) is 0.779. The number of piperidine rings is 1. The zero-order valence-electron chi connectivity index (χ0n) is 12.9. The summed E-state index contributed by atoms with van der Waals surface area (Å²) < 4.78 is 0. The van der Waals surface area contributed by atoms with Gasteiger partial charge in [-0.25, -0.2) is 0 Å². The Kier molecular flexibility index (Phi) is 6.65. The summed E-state index contributed by atoms with van der Waals surface area (Å²) in [6.45, 7) is 5.42. The number of hydrogen-bond acceptors (Lipinski definition) is 4. The molecule has 0 aliphatic carbocycles. The standard InChI is InChI=1S/C15H29N3OS/c1-12(7-11-20-2)17-15(19)14-4-3-10-18(14)13-5-8-16-9-6-13/h12-14,16H,3-11H2,1-2H3,(H,17,19). The van der Waals surface area contributed by atoms with E-state index in [-0.39, 0.29) is 11.9 Å². The highest BCUT2D eigenvalue weighted by molar-refractivity contribution is 7.98. The first-order valence-electron chi connectivity index (χ1n) is 7.98. The Morgan fingerprint density at radius 1 is 1.40 bits per heavy atom. The van der Waals surface area contributed by atoms with Gasteiger partial charge in [0.15, 0.2) is 0 Å². The summed E-state index contributed by atoms with van der Waals surface area (Å²) in [5, 5.41) is 6.62. The maximum absolute atomic E-state index is 12.5. The molecule has 5 heteroatoms. The van der Waals surface area contributed by atoms with Crippen molar-refractivity contribution in [3.8, 4) is 0 Å². The lowest BCUT2D eigenvalue weighted by molar-refractivity contribution is -0.127. The van der Waals surface area contributed by atoms with Crippen LogP contribution in [0.2, 0.25) is 0 Å². The zero-order valence-corrected chi connectivity index (χ0v) is 13.7. The fourth-order valence-electron chi connectivity index (χ4n) is 3.35. The van der Waals surface area contributed by atoms with Crippen LogP contribution in [0.5, 0.6) is 0 Å². The van der Waals surface area contributed by atoms with E-state index in [1.54, 1.807) is 0 Å². The molecule has 0 bridgehead atoms. The second-order valence-corrected chi connectivity index (χ2v) is 7.05. The van der Waals surface area contributed by atoms with Crippen molar-refractivity contribution in [1.82, 2.24) is 15.5 Å². The van der Waals surface area contributed by atoms with E-state index in [1.807, 2.05) is 11.8 Å². The smallest absolute Gasteiger partial charge is 0.237 e. The molecule has 2 unspecified atom stereocenters. The van der Waals surface area contributed by atoms with Gasteiger partial charge in [-0.2, -0.15) is 11.8 Å². The summed E-state index contributed by atoms with van der Waals surface area (Å²) in [6.07, 6.45) is 7.75. The van der Waals surface area contributed by atoms with Gasteiger partial charge in [-0.15, -0.1) is 0 Å². The second kappa shape index (κ2) is 8.25. The summed E-state index contributed by atoms with van der Waals surface area (Å²) in [5.74, 6) is 1.37. The van der Waals surface area contributed by atoms with Crippen molar-refractivity contribution < 1.29 is 4.79 Å². The molecule has 2 heterocycles.